The van der Waals surface area contributed by atoms with Crippen LogP contribution in [0.25, 0.3) is 21.9 Å². The largest absolute Gasteiger partial charge is 0.338 e. The molecular formula is C17H17N5O. The molecule has 3 aromatic rings. The number of rotatable bonds is 3. The first kappa shape index (κ1) is 14.9. The highest BCUT2D eigenvalue weighted by Crippen LogP contribution is 2.27. The number of amides is 2. The molecule has 0 spiro atoms. The standard InChI is InChI=1S/C17H17N5O/c1-3-20-17(23)22-16-6-13-5-12(14-7-18-10-19-8-14)4-11(2)15(13)9-21-16/h4-10H,3H2,1-2H3,(H2,20,21,22,23). The molecule has 0 aliphatic rings. The Morgan fingerprint density at radius 2 is 1.87 bits per heavy atom. The summed E-state index contributed by atoms with van der Waals surface area (Å²) in [4.78, 5) is 24.0. The topological polar surface area (TPSA) is 79.8 Å². The van der Waals surface area contributed by atoms with E-state index in [0.717, 1.165) is 27.5 Å². The molecule has 2 amide bonds. The highest BCUT2D eigenvalue weighted by Gasteiger charge is 2.07. The smallest absolute Gasteiger partial charge is 0.320 e. The van der Waals surface area contributed by atoms with Gasteiger partial charge in [0.05, 0.1) is 0 Å². The van der Waals surface area contributed by atoms with E-state index in [4.69, 9.17) is 0 Å². The first-order valence-corrected chi connectivity index (χ1v) is 7.38. The second kappa shape index (κ2) is 6.39. The fraction of sp³-hybridized carbons (Fsp3) is 0.176. The normalized spacial score (nSPS) is 10.5. The molecule has 6 heteroatoms. The lowest BCUT2D eigenvalue weighted by molar-refractivity contribution is 0.252. The number of carbonyl (C=O) groups excluding carboxylic acids is 1. The van der Waals surface area contributed by atoms with Crippen LogP contribution in [0.4, 0.5) is 10.6 Å². The van der Waals surface area contributed by atoms with Gasteiger partial charge < -0.3 is 5.32 Å². The molecule has 0 unspecified atom stereocenters. The third-order valence-corrected chi connectivity index (χ3v) is 3.52. The van der Waals surface area contributed by atoms with Crippen LogP contribution >= 0.6 is 0 Å². The zero-order valence-electron chi connectivity index (χ0n) is 13.0. The van der Waals surface area contributed by atoms with E-state index in [1.54, 1.807) is 18.6 Å². The van der Waals surface area contributed by atoms with Crippen molar-refractivity contribution in [3.8, 4) is 11.1 Å². The summed E-state index contributed by atoms with van der Waals surface area (Å²) in [6.07, 6.45) is 6.85. The van der Waals surface area contributed by atoms with Gasteiger partial charge in [0.25, 0.3) is 0 Å². The van der Waals surface area contributed by atoms with E-state index in [0.29, 0.717) is 12.4 Å². The third kappa shape index (κ3) is 3.26. The van der Waals surface area contributed by atoms with Gasteiger partial charge in [0.2, 0.25) is 0 Å². The summed E-state index contributed by atoms with van der Waals surface area (Å²) >= 11 is 0. The highest BCUT2D eigenvalue weighted by molar-refractivity contribution is 5.94. The Bertz CT molecular complexity index is 848. The zero-order valence-corrected chi connectivity index (χ0v) is 13.0. The van der Waals surface area contributed by atoms with Crippen LogP contribution in [0.1, 0.15) is 12.5 Å². The quantitative estimate of drug-likeness (QED) is 0.779. The zero-order chi connectivity index (χ0) is 16.2. The summed E-state index contributed by atoms with van der Waals surface area (Å²) in [5, 5.41) is 7.47. The van der Waals surface area contributed by atoms with Gasteiger partial charge in [-0.1, -0.05) is 6.07 Å². The number of fused-ring (bicyclic) bond motifs is 1. The van der Waals surface area contributed by atoms with Gasteiger partial charge in [-0.15, -0.1) is 0 Å². The molecule has 2 aromatic heterocycles. The van der Waals surface area contributed by atoms with Gasteiger partial charge in [0, 0.05) is 36.1 Å². The molecule has 116 valence electrons. The van der Waals surface area contributed by atoms with E-state index in [1.807, 2.05) is 26.0 Å². The van der Waals surface area contributed by atoms with Crippen LogP contribution in [0.3, 0.4) is 0 Å². The van der Waals surface area contributed by atoms with Crippen LogP contribution in [0, 0.1) is 6.92 Å². The monoisotopic (exact) mass is 307 g/mol. The van der Waals surface area contributed by atoms with Gasteiger partial charge in [-0.25, -0.2) is 19.7 Å². The SMILES string of the molecule is CCNC(=O)Nc1cc2cc(-c3cncnc3)cc(C)c2cn1. The molecule has 6 nitrogen and oxygen atoms in total. The number of benzene rings is 1. The summed E-state index contributed by atoms with van der Waals surface area (Å²) in [5.74, 6) is 0.518. The fourth-order valence-electron chi connectivity index (χ4n) is 2.44. The molecule has 3 rings (SSSR count). The van der Waals surface area contributed by atoms with Crippen molar-refractivity contribution in [2.45, 2.75) is 13.8 Å². The van der Waals surface area contributed by atoms with Crippen molar-refractivity contribution >= 4 is 22.6 Å². The number of anilines is 1. The van der Waals surface area contributed by atoms with Crippen molar-refractivity contribution in [3.05, 3.63) is 48.7 Å². The van der Waals surface area contributed by atoms with Crippen molar-refractivity contribution in [2.75, 3.05) is 11.9 Å². The maximum atomic E-state index is 11.6. The molecular weight excluding hydrogens is 290 g/mol. The van der Waals surface area contributed by atoms with Gasteiger partial charge in [0.15, 0.2) is 0 Å². The van der Waals surface area contributed by atoms with Crippen LogP contribution in [0.5, 0.6) is 0 Å². The van der Waals surface area contributed by atoms with Crippen molar-refractivity contribution in [3.63, 3.8) is 0 Å². The summed E-state index contributed by atoms with van der Waals surface area (Å²) < 4.78 is 0. The van der Waals surface area contributed by atoms with E-state index >= 15 is 0 Å². The minimum absolute atomic E-state index is 0.260. The number of carbonyl (C=O) groups is 1. The van der Waals surface area contributed by atoms with Crippen LogP contribution in [-0.4, -0.2) is 27.5 Å². The molecule has 0 fully saturated rings. The fourth-order valence-corrected chi connectivity index (χ4v) is 2.44. The molecule has 1 aromatic carbocycles. The Kier molecular flexibility index (Phi) is 4.14. The number of hydrogen-bond donors (Lipinski definition) is 2. The van der Waals surface area contributed by atoms with Crippen molar-refractivity contribution < 1.29 is 4.79 Å². The van der Waals surface area contributed by atoms with Crippen molar-refractivity contribution in [1.29, 1.82) is 0 Å². The molecule has 0 aliphatic carbocycles. The Labute approximate surface area is 134 Å². The third-order valence-electron chi connectivity index (χ3n) is 3.52. The first-order chi connectivity index (χ1) is 11.2. The maximum Gasteiger partial charge on any atom is 0.320 e. The molecule has 23 heavy (non-hydrogen) atoms. The van der Waals surface area contributed by atoms with Crippen LogP contribution in [0.2, 0.25) is 0 Å². The second-order valence-electron chi connectivity index (χ2n) is 5.20. The lowest BCUT2D eigenvalue weighted by atomic mass is 10.0. The number of nitrogens with one attached hydrogen (secondary N) is 2. The minimum atomic E-state index is -0.260. The molecule has 0 saturated heterocycles. The molecule has 2 N–H and O–H groups in total. The van der Waals surface area contributed by atoms with Gasteiger partial charge >= 0.3 is 6.03 Å². The lowest BCUT2D eigenvalue weighted by Crippen LogP contribution is -2.28. The van der Waals surface area contributed by atoms with E-state index in [-0.39, 0.29) is 6.03 Å². The number of aromatic nitrogens is 3. The molecule has 0 aliphatic heterocycles. The molecule has 0 atom stereocenters. The predicted molar refractivity (Wildman–Crippen MR) is 90.2 cm³/mol. The maximum absolute atomic E-state index is 11.6. The van der Waals surface area contributed by atoms with Gasteiger partial charge in [-0.3, -0.25) is 5.32 Å². The average Bonchev–Trinajstić information content (AvgIpc) is 2.55. The van der Waals surface area contributed by atoms with Crippen LogP contribution in [-0.2, 0) is 0 Å². The number of aryl methyl sites for hydroxylation is 1. The number of urea groups is 1. The first-order valence-electron chi connectivity index (χ1n) is 7.38. The van der Waals surface area contributed by atoms with E-state index in [2.05, 4.69) is 31.7 Å². The summed E-state index contributed by atoms with van der Waals surface area (Å²) in [5.41, 5.74) is 3.09. The number of hydrogen-bond acceptors (Lipinski definition) is 4. The van der Waals surface area contributed by atoms with Gasteiger partial charge in [-0.2, -0.15) is 0 Å². The second-order valence-corrected chi connectivity index (χ2v) is 5.20. The molecule has 0 saturated carbocycles. The summed E-state index contributed by atoms with van der Waals surface area (Å²) in [6, 6.07) is 5.74. The van der Waals surface area contributed by atoms with Crippen molar-refractivity contribution in [2.24, 2.45) is 0 Å². The van der Waals surface area contributed by atoms with E-state index < -0.39 is 0 Å². The van der Waals surface area contributed by atoms with Crippen molar-refractivity contribution in [1.82, 2.24) is 20.3 Å². The van der Waals surface area contributed by atoms with Crippen LogP contribution < -0.4 is 10.6 Å². The number of nitrogens with zero attached hydrogens (tertiary/aromatic N) is 3. The predicted octanol–water partition coefficient (Wildman–Crippen LogP) is 3.14. The summed E-state index contributed by atoms with van der Waals surface area (Å²) in [6.45, 7) is 4.47. The molecule has 2 heterocycles. The van der Waals surface area contributed by atoms with Gasteiger partial charge in [-0.05, 0) is 42.5 Å². The minimum Gasteiger partial charge on any atom is -0.338 e. The number of pyridine rings is 1. The Morgan fingerprint density at radius 1 is 1.09 bits per heavy atom. The lowest BCUT2D eigenvalue weighted by Gasteiger charge is -2.09. The molecule has 0 bridgehead atoms. The van der Waals surface area contributed by atoms with E-state index in [9.17, 15) is 4.79 Å². The Balaban J connectivity index is 2.02. The molecule has 0 radical (unpaired) electrons. The Morgan fingerprint density at radius 3 is 2.61 bits per heavy atom. The average molecular weight is 307 g/mol. The van der Waals surface area contributed by atoms with Gasteiger partial charge in [0.1, 0.15) is 12.1 Å². The highest BCUT2D eigenvalue weighted by atomic mass is 16.2. The van der Waals surface area contributed by atoms with E-state index in [1.165, 1.54) is 6.33 Å². The Hall–Kier alpha value is -3.02. The van der Waals surface area contributed by atoms with Crippen LogP contribution in [0.15, 0.2) is 43.1 Å². The summed E-state index contributed by atoms with van der Waals surface area (Å²) in [7, 11) is 0.